The van der Waals surface area contributed by atoms with Gasteiger partial charge in [0.15, 0.2) is 0 Å². The molecular weight excluding hydrogens is 436 g/mol. The van der Waals surface area contributed by atoms with Crippen LogP contribution in [-0.2, 0) is 22.3 Å². The van der Waals surface area contributed by atoms with Crippen molar-refractivity contribution in [1.29, 1.82) is 0 Å². The summed E-state index contributed by atoms with van der Waals surface area (Å²) in [6, 6.07) is 10.8. The number of hydrogen-bond donors (Lipinski definition) is 1. The second-order valence-electron chi connectivity index (χ2n) is 6.84. The molecule has 5 nitrogen and oxygen atoms in total. The van der Waals surface area contributed by atoms with E-state index in [9.17, 15) is 26.6 Å². The molecule has 1 aliphatic heterocycles. The number of nitrogens with zero attached hydrogens (tertiary/aromatic N) is 1. The van der Waals surface area contributed by atoms with E-state index in [4.69, 9.17) is 0 Å². The molecule has 1 atom stereocenters. The van der Waals surface area contributed by atoms with Crippen LogP contribution in [0.2, 0.25) is 0 Å². The maximum absolute atomic E-state index is 12.9. The van der Waals surface area contributed by atoms with E-state index in [-0.39, 0.29) is 24.0 Å². The molecule has 2 aromatic carbocycles. The summed E-state index contributed by atoms with van der Waals surface area (Å²) < 4.78 is 67.8. The molecule has 1 amide bonds. The van der Waals surface area contributed by atoms with E-state index in [1.165, 1.54) is 30.3 Å². The fourth-order valence-corrected chi connectivity index (χ4v) is 4.20. The monoisotopic (exact) mass is 456 g/mol. The van der Waals surface area contributed by atoms with Gasteiger partial charge in [0.2, 0.25) is 5.91 Å². The van der Waals surface area contributed by atoms with Crippen LogP contribution in [0.4, 0.5) is 17.6 Å². The predicted molar refractivity (Wildman–Crippen MR) is 107 cm³/mol. The Balaban J connectivity index is 1.48. The van der Waals surface area contributed by atoms with E-state index in [0.717, 1.165) is 23.3 Å². The van der Waals surface area contributed by atoms with Crippen molar-refractivity contribution in [3.8, 4) is 5.75 Å². The third-order valence-corrected chi connectivity index (χ3v) is 6.08. The van der Waals surface area contributed by atoms with Gasteiger partial charge in [0, 0.05) is 25.7 Å². The fourth-order valence-electron chi connectivity index (χ4n) is 3.02. The molecule has 1 unspecified atom stereocenters. The third-order valence-electron chi connectivity index (χ3n) is 4.57. The van der Waals surface area contributed by atoms with E-state index in [2.05, 4.69) is 10.1 Å². The van der Waals surface area contributed by atoms with Gasteiger partial charge < -0.3 is 10.1 Å². The zero-order valence-electron chi connectivity index (χ0n) is 16.3. The predicted octanol–water partition coefficient (Wildman–Crippen LogP) is 4.09. The molecule has 0 aromatic heterocycles. The summed E-state index contributed by atoms with van der Waals surface area (Å²) in [5.41, 5.74) is 1.70. The molecule has 3 rings (SSSR count). The van der Waals surface area contributed by atoms with Crippen molar-refractivity contribution in [1.82, 2.24) is 9.62 Å². The molecule has 0 radical (unpaired) electrons. The maximum Gasteiger partial charge on any atom is 0.573 e. The van der Waals surface area contributed by atoms with Crippen LogP contribution in [0.3, 0.4) is 0 Å². The number of ether oxygens (including phenoxy) is 1. The average Bonchev–Trinajstić information content (AvgIpc) is 2.73. The number of carbonyl (C=O) groups is 1. The quantitative estimate of drug-likeness (QED) is 0.526. The molecule has 0 aliphatic carbocycles. The Morgan fingerprint density at radius 3 is 2.26 bits per heavy atom. The number of nitrogens with one attached hydrogen (secondary N) is 1. The summed E-state index contributed by atoms with van der Waals surface area (Å²) in [4.78, 5) is 12.5. The van der Waals surface area contributed by atoms with E-state index >= 15 is 0 Å². The number of piperidine rings is 1. The first-order valence-electron chi connectivity index (χ1n) is 9.44. The van der Waals surface area contributed by atoms with Gasteiger partial charge in [0.25, 0.3) is 0 Å². The number of hydrogen-bond acceptors (Lipinski definition) is 3. The molecule has 1 heterocycles. The van der Waals surface area contributed by atoms with Gasteiger partial charge >= 0.3 is 6.36 Å². The second kappa shape index (κ2) is 10.1. The summed E-state index contributed by atoms with van der Waals surface area (Å²) in [7, 11) is -1.52. The van der Waals surface area contributed by atoms with Crippen molar-refractivity contribution in [3.63, 3.8) is 0 Å². The van der Waals surface area contributed by atoms with E-state index in [0.29, 0.717) is 30.8 Å². The molecule has 1 N–H and O–H groups in total. The highest BCUT2D eigenvalue weighted by Crippen LogP contribution is 2.25. The van der Waals surface area contributed by atoms with Gasteiger partial charge in [-0.05, 0) is 54.8 Å². The molecule has 0 bridgehead atoms. The van der Waals surface area contributed by atoms with Crippen LogP contribution in [-0.4, -0.2) is 33.9 Å². The second-order valence-corrected chi connectivity index (χ2v) is 8.33. The Hall–Kier alpha value is -2.72. The lowest BCUT2D eigenvalue weighted by Crippen LogP contribution is -2.33. The summed E-state index contributed by atoms with van der Waals surface area (Å²) in [5, 5.41) is 2.74. The maximum atomic E-state index is 12.9. The number of carbonyl (C=O) groups excluding carboxylic acids is 1. The largest absolute Gasteiger partial charge is 0.573 e. The van der Waals surface area contributed by atoms with Crippen molar-refractivity contribution in [2.45, 2.75) is 30.6 Å². The van der Waals surface area contributed by atoms with Gasteiger partial charge in [-0.1, -0.05) is 17.7 Å². The van der Waals surface area contributed by atoms with Crippen LogP contribution in [0.1, 0.15) is 18.4 Å². The van der Waals surface area contributed by atoms with Crippen molar-refractivity contribution >= 4 is 16.9 Å². The fraction of sp³-hybridized carbons (Fsp3) is 0.286. The zero-order valence-corrected chi connectivity index (χ0v) is 17.1. The first-order chi connectivity index (χ1) is 14.7. The number of amides is 1. The van der Waals surface area contributed by atoms with Crippen LogP contribution in [0, 0.1) is 5.82 Å². The highest BCUT2D eigenvalue weighted by atomic mass is 32.2. The molecule has 1 saturated heterocycles. The minimum Gasteiger partial charge on any atom is -0.406 e. The molecular formula is C21H20F4N2O3S. The summed E-state index contributed by atoms with van der Waals surface area (Å²) in [6.45, 7) is 1.18. The Kier molecular flexibility index (Phi) is 7.45. The highest BCUT2D eigenvalue weighted by Gasteiger charge is 2.31. The zero-order chi connectivity index (χ0) is 22.4. The number of benzene rings is 2. The third kappa shape index (κ3) is 7.18. The van der Waals surface area contributed by atoms with Gasteiger partial charge in [0.05, 0.1) is 4.90 Å². The minimum absolute atomic E-state index is 0.255. The minimum atomic E-state index is -4.78. The molecule has 1 aliphatic rings. The van der Waals surface area contributed by atoms with Crippen LogP contribution < -0.4 is 10.1 Å². The Morgan fingerprint density at radius 1 is 1.06 bits per heavy atom. The van der Waals surface area contributed by atoms with Crippen LogP contribution in [0.25, 0.3) is 0 Å². The molecule has 2 aromatic rings. The van der Waals surface area contributed by atoms with E-state index < -0.39 is 17.3 Å². The number of alkyl halides is 3. The van der Waals surface area contributed by atoms with Crippen LogP contribution in [0.15, 0.2) is 65.1 Å². The molecule has 0 saturated carbocycles. The van der Waals surface area contributed by atoms with Gasteiger partial charge in [-0.25, -0.2) is 12.9 Å². The summed E-state index contributed by atoms with van der Waals surface area (Å²) in [5.74, 6) is -0.968. The van der Waals surface area contributed by atoms with Gasteiger partial charge in [0.1, 0.15) is 22.6 Å². The lowest BCUT2D eigenvalue weighted by Gasteiger charge is -2.27. The van der Waals surface area contributed by atoms with Gasteiger partial charge in [-0.3, -0.25) is 4.79 Å². The topological polar surface area (TPSA) is 58.6 Å². The normalized spacial score (nSPS) is 15.9. The van der Waals surface area contributed by atoms with E-state index in [1.807, 2.05) is 0 Å². The Bertz CT molecular complexity index is 950. The van der Waals surface area contributed by atoms with Crippen LogP contribution >= 0.6 is 0 Å². The number of halogens is 4. The van der Waals surface area contributed by atoms with Gasteiger partial charge in [-0.15, -0.1) is 13.2 Å². The Labute approximate surface area is 179 Å². The molecule has 166 valence electrons. The standard InChI is InChI=1S/C21H20F4N2O3S/c22-17-3-1-16(2-4-17)14-26-20(28)13-15-9-11-27(12-10-15)31(29)19-7-5-18(6-8-19)30-21(23,24)25/h1-8,13H,9-12,14H2,(H,26,28). The number of rotatable bonds is 6. The lowest BCUT2D eigenvalue weighted by molar-refractivity contribution is -0.274. The van der Waals surface area contributed by atoms with Crippen molar-refractivity contribution in [3.05, 3.63) is 71.6 Å². The average molecular weight is 456 g/mol. The molecule has 1 fully saturated rings. The Morgan fingerprint density at radius 2 is 1.68 bits per heavy atom. The van der Waals surface area contributed by atoms with Crippen molar-refractivity contribution < 1.29 is 31.3 Å². The van der Waals surface area contributed by atoms with Crippen LogP contribution in [0.5, 0.6) is 5.75 Å². The van der Waals surface area contributed by atoms with Crippen molar-refractivity contribution in [2.75, 3.05) is 13.1 Å². The van der Waals surface area contributed by atoms with Crippen molar-refractivity contribution in [2.24, 2.45) is 0 Å². The molecule has 10 heteroatoms. The SMILES string of the molecule is O=C(C=C1CCN(S(=O)c2ccc(OC(F)(F)F)cc2)CC1)NCc1ccc(F)cc1. The van der Waals surface area contributed by atoms with Gasteiger partial charge in [-0.2, -0.15) is 0 Å². The smallest absolute Gasteiger partial charge is 0.406 e. The molecule has 31 heavy (non-hydrogen) atoms. The lowest BCUT2D eigenvalue weighted by atomic mass is 10.1. The summed E-state index contributed by atoms with van der Waals surface area (Å²) >= 11 is 0. The first-order valence-corrected chi connectivity index (χ1v) is 10.5. The van der Waals surface area contributed by atoms with E-state index in [1.54, 1.807) is 16.4 Å². The molecule has 0 spiro atoms. The highest BCUT2D eigenvalue weighted by molar-refractivity contribution is 7.82. The summed E-state index contributed by atoms with van der Waals surface area (Å²) in [6.07, 6.45) is -2.16. The first kappa shape index (κ1) is 23.0.